The van der Waals surface area contributed by atoms with E-state index in [4.69, 9.17) is 15.2 Å². The molecule has 4 atom stereocenters. The molecule has 0 amide bonds. The van der Waals surface area contributed by atoms with E-state index in [2.05, 4.69) is 26.8 Å². The van der Waals surface area contributed by atoms with Crippen LogP contribution in [0.2, 0.25) is 0 Å². The molecule has 2 aromatic heterocycles. The normalized spacial score (nSPS) is 31.0. The number of ether oxygens (including phenoxy) is 2. The fourth-order valence-corrected chi connectivity index (χ4v) is 5.73. The Bertz CT molecular complexity index is 988. The zero-order valence-electron chi connectivity index (χ0n) is 18.7. The SMILES string of the molecule is CC(=O)O[C@H]1[C@@H](O)[C@H](n2ccc3c(N)ncnc32)O[C@@H]1CN1CCCC12CCN(C)CC2. The average molecular weight is 445 g/mol. The molecule has 0 saturated carbocycles. The first-order valence-electron chi connectivity index (χ1n) is 11.4. The lowest BCUT2D eigenvalue weighted by molar-refractivity contribution is -0.153. The van der Waals surface area contributed by atoms with E-state index in [1.165, 1.54) is 19.7 Å². The van der Waals surface area contributed by atoms with Crippen LogP contribution in [0.15, 0.2) is 18.6 Å². The molecule has 3 fully saturated rings. The van der Waals surface area contributed by atoms with Crippen LogP contribution in [0.5, 0.6) is 0 Å². The van der Waals surface area contributed by atoms with Crippen LogP contribution in [-0.4, -0.2) is 92.5 Å². The monoisotopic (exact) mass is 444 g/mol. The van der Waals surface area contributed by atoms with Gasteiger partial charge in [0.05, 0.1) is 5.39 Å². The Balaban J connectivity index is 1.41. The van der Waals surface area contributed by atoms with Gasteiger partial charge in [-0.25, -0.2) is 9.97 Å². The Morgan fingerprint density at radius 2 is 2.09 bits per heavy atom. The number of likely N-dealkylation sites (tertiary alicyclic amines) is 2. The fraction of sp³-hybridized carbons (Fsp3) is 0.682. The van der Waals surface area contributed by atoms with E-state index in [0.717, 1.165) is 38.9 Å². The van der Waals surface area contributed by atoms with Crippen LogP contribution < -0.4 is 5.73 Å². The zero-order valence-corrected chi connectivity index (χ0v) is 18.7. The van der Waals surface area contributed by atoms with Crippen molar-refractivity contribution in [1.29, 1.82) is 0 Å². The number of nitrogen functional groups attached to an aromatic ring is 1. The van der Waals surface area contributed by atoms with E-state index in [9.17, 15) is 9.90 Å². The van der Waals surface area contributed by atoms with Gasteiger partial charge < -0.3 is 29.8 Å². The molecule has 3 saturated heterocycles. The first-order valence-corrected chi connectivity index (χ1v) is 11.4. The molecule has 0 aromatic carbocycles. The average Bonchev–Trinajstić information content (AvgIpc) is 3.43. The highest BCUT2D eigenvalue weighted by Crippen LogP contribution is 2.41. The molecule has 0 aliphatic carbocycles. The molecule has 5 rings (SSSR count). The number of aliphatic hydroxyl groups excluding tert-OH is 1. The zero-order chi connectivity index (χ0) is 22.5. The highest BCUT2D eigenvalue weighted by molar-refractivity contribution is 5.86. The molecular formula is C22H32N6O4. The van der Waals surface area contributed by atoms with Gasteiger partial charge in [0.15, 0.2) is 12.3 Å². The second-order valence-corrected chi connectivity index (χ2v) is 9.43. The lowest BCUT2D eigenvalue weighted by atomic mass is 9.85. The van der Waals surface area contributed by atoms with Crippen LogP contribution in [0.25, 0.3) is 11.0 Å². The maximum atomic E-state index is 11.9. The summed E-state index contributed by atoms with van der Waals surface area (Å²) < 4.78 is 13.7. The number of rotatable bonds is 4. The first kappa shape index (κ1) is 21.6. The largest absolute Gasteiger partial charge is 0.457 e. The number of hydrogen-bond donors (Lipinski definition) is 2. The third-order valence-electron chi connectivity index (χ3n) is 7.48. The Labute approximate surface area is 187 Å². The van der Waals surface area contributed by atoms with Crippen molar-refractivity contribution in [3.8, 4) is 0 Å². The molecular weight excluding hydrogens is 412 g/mol. The molecule has 3 N–H and O–H groups in total. The molecule has 1 spiro atoms. The van der Waals surface area contributed by atoms with Crippen molar-refractivity contribution in [2.24, 2.45) is 0 Å². The quantitative estimate of drug-likeness (QED) is 0.659. The van der Waals surface area contributed by atoms with Crippen molar-refractivity contribution in [2.75, 3.05) is 39.0 Å². The highest BCUT2D eigenvalue weighted by atomic mass is 16.6. The first-order chi connectivity index (χ1) is 15.4. The number of piperidine rings is 1. The number of aliphatic hydroxyl groups is 1. The van der Waals surface area contributed by atoms with Gasteiger partial charge in [-0.1, -0.05) is 0 Å². The molecule has 10 nitrogen and oxygen atoms in total. The number of fused-ring (bicyclic) bond motifs is 1. The topological polar surface area (TPSA) is 119 Å². The molecule has 3 aliphatic rings. The van der Waals surface area contributed by atoms with Crippen LogP contribution in [0, 0.1) is 0 Å². The molecule has 3 aliphatic heterocycles. The fourth-order valence-electron chi connectivity index (χ4n) is 5.73. The van der Waals surface area contributed by atoms with E-state index in [1.54, 1.807) is 10.8 Å². The number of aromatic nitrogens is 3. The summed E-state index contributed by atoms with van der Waals surface area (Å²) in [5.74, 6) is -0.0572. The minimum absolute atomic E-state index is 0.168. The number of nitrogens with two attached hydrogens (primary N) is 1. The van der Waals surface area contributed by atoms with Crippen molar-refractivity contribution < 1.29 is 19.4 Å². The predicted octanol–water partition coefficient (Wildman–Crippen LogP) is 0.764. The van der Waals surface area contributed by atoms with Gasteiger partial charge in [-0.15, -0.1) is 0 Å². The third-order valence-corrected chi connectivity index (χ3v) is 7.48. The molecule has 10 heteroatoms. The van der Waals surface area contributed by atoms with Crippen LogP contribution >= 0.6 is 0 Å². The number of carbonyl (C=O) groups excluding carboxylic acids is 1. The Morgan fingerprint density at radius 3 is 2.84 bits per heavy atom. The molecule has 32 heavy (non-hydrogen) atoms. The second kappa shape index (κ2) is 8.26. The number of esters is 1. The van der Waals surface area contributed by atoms with Gasteiger partial charge >= 0.3 is 5.97 Å². The predicted molar refractivity (Wildman–Crippen MR) is 118 cm³/mol. The maximum absolute atomic E-state index is 11.9. The Kier molecular flexibility index (Phi) is 5.56. The van der Waals surface area contributed by atoms with Crippen molar-refractivity contribution >= 4 is 22.8 Å². The lowest BCUT2D eigenvalue weighted by Gasteiger charge is -2.45. The summed E-state index contributed by atoms with van der Waals surface area (Å²) in [6, 6.07) is 1.81. The molecule has 0 radical (unpaired) electrons. The molecule has 0 unspecified atom stereocenters. The Morgan fingerprint density at radius 1 is 1.31 bits per heavy atom. The summed E-state index contributed by atoms with van der Waals surface area (Å²) in [5.41, 5.74) is 6.72. The van der Waals surface area contributed by atoms with Gasteiger partial charge in [-0.2, -0.15) is 0 Å². The van der Waals surface area contributed by atoms with Crippen molar-refractivity contribution in [3.05, 3.63) is 18.6 Å². The number of anilines is 1. The smallest absolute Gasteiger partial charge is 0.303 e. The summed E-state index contributed by atoms with van der Waals surface area (Å²) in [6.45, 7) is 5.14. The molecule has 5 heterocycles. The van der Waals surface area contributed by atoms with Gasteiger partial charge in [0.1, 0.15) is 30.0 Å². The van der Waals surface area contributed by atoms with Gasteiger partial charge in [0.25, 0.3) is 0 Å². The maximum Gasteiger partial charge on any atom is 0.303 e. The lowest BCUT2D eigenvalue weighted by Crippen LogP contribution is -2.54. The van der Waals surface area contributed by atoms with Crippen molar-refractivity contribution in [1.82, 2.24) is 24.3 Å². The minimum atomic E-state index is -1.02. The van der Waals surface area contributed by atoms with Gasteiger partial charge in [-0.05, 0) is 58.4 Å². The van der Waals surface area contributed by atoms with Crippen LogP contribution in [0.3, 0.4) is 0 Å². The summed E-state index contributed by atoms with van der Waals surface area (Å²) in [5, 5.41) is 11.9. The molecule has 174 valence electrons. The second-order valence-electron chi connectivity index (χ2n) is 9.43. The summed E-state index contributed by atoms with van der Waals surface area (Å²) >= 11 is 0. The number of nitrogens with zero attached hydrogens (tertiary/aromatic N) is 5. The van der Waals surface area contributed by atoms with Crippen molar-refractivity contribution in [3.63, 3.8) is 0 Å². The minimum Gasteiger partial charge on any atom is -0.457 e. The van der Waals surface area contributed by atoms with E-state index in [0.29, 0.717) is 23.4 Å². The number of carbonyl (C=O) groups is 1. The van der Waals surface area contributed by atoms with Gasteiger partial charge in [0.2, 0.25) is 0 Å². The summed E-state index contributed by atoms with van der Waals surface area (Å²) in [6.07, 6.45) is 4.81. The highest BCUT2D eigenvalue weighted by Gasteiger charge is 2.51. The van der Waals surface area contributed by atoms with Crippen LogP contribution in [-0.2, 0) is 14.3 Å². The summed E-state index contributed by atoms with van der Waals surface area (Å²) in [4.78, 5) is 25.1. The van der Waals surface area contributed by atoms with E-state index in [1.807, 2.05) is 6.07 Å². The number of hydrogen-bond acceptors (Lipinski definition) is 9. The van der Waals surface area contributed by atoms with E-state index >= 15 is 0 Å². The standard InChI is InChI=1S/C22H32N6O4/c1-14(29)31-18-16(12-27-8-3-5-22(27)6-10-26(2)11-7-22)32-21(17(18)30)28-9-4-15-19(23)24-13-25-20(15)28/h4,9,13,16-18,21,30H,3,5-8,10-12H2,1-2H3,(H2,23,24,25)/t16-,17-,18-,21-/m1/s1. The molecule has 2 aromatic rings. The van der Waals surface area contributed by atoms with Crippen LogP contribution in [0.1, 0.15) is 38.8 Å². The molecule has 0 bridgehead atoms. The van der Waals surface area contributed by atoms with Gasteiger partial charge in [-0.3, -0.25) is 9.69 Å². The van der Waals surface area contributed by atoms with E-state index in [-0.39, 0.29) is 5.54 Å². The van der Waals surface area contributed by atoms with Crippen molar-refractivity contribution in [2.45, 2.75) is 62.7 Å². The third kappa shape index (κ3) is 3.64. The Hall–Kier alpha value is -2.27. The summed E-state index contributed by atoms with van der Waals surface area (Å²) in [7, 11) is 2.17. The van der Waals surface area contributed by atoms with Gasteiger partial charge in [0, 0.05) is 25.2 Å². The van der Waals surface area contributed by atoms with E-state index < -0.39 is 30.5 Å². The van der Waals surface area contributed by atoms with Crippen LogP contribution in [0.4, 0.5) is 5.82 Å².